The second kappa shape index (κ2) is 8.67. The van der Waals surface area contributed by atoms with Crippen molar-refractivity contribution in [3.8, 4) is 5.75 Å². The average Bonchev–Trinajstić information content (AvgIpc) is 3.05. The normalized spacial score (nSPS) is 17.6. The molecule has 1 amide bonds. The van der Waals surface area contributed by atoms with Crippen molar-refractivity contribution in [3.05, 3.63) is 101 Å². The highest BCUT2D eigenvalue weighted by Crippen LogP contribution is 2.43. The maximum absolute atomic E-state index is 14.9. The van der Waals surface area contributed by atoms with Crippen molar-refractivity contribution in [2.45, 2.75) is 19.9 Å². The third-order valence-electron chi connectivity index (χ3n) is 5.40. The van der Waals surface area contributed by atoms with Gasteiger partial charge in [-0.2, -0.15) is 0 Å². The molecule has 1 fully saturated rings. The van der Waals surface area contributed by atoms with E-state index in [4.69, 9.17) is 4.74 Å². The first-order valence-electron chi connectivity index (χ1n) is 10.3. The van der Waals surface area contributed by atoms with Gasteiger partial charge in [-0.1, -0.05) is 35.9 Å². The molecule has 1 saturated heterocycles. The molecule has 0 bridgehead atoms. The Bertz CT molecular complexity index is 1200. The number of Topliss-reactive ketones (excluding diaryl/α,β-unsaturated/α-hetero) is 1. The van der Waals surface area contributed by atoms with Gasteiger partial charge in [0.2, 0.25) is 0 Å². The number of hydrogen-bond acceptors (Lipinski definition) is 4. The Labute approximate surface area is 185 Å². The van der Waals surface area contributed by atoms with Gasteiger partial charge >= 0.3 is 0 Å². The van der Waals surface area contributed by atoms with Crippen molar-refractivity contribution in [3.63, 3.8) is 0 Å². The largest absolute Gasteiger partial charge is 0.507 e. The van der Waals surface area contributed by atoms with Crippen LogP contribution in [0.25, 0.3) is 5.76 Å². The quantitative estimate of drug-likeness (QED) is 0.344. The Balaban J connectivity index is 1.90. The zero-order valence-corrected chi connectivity index (χ0v) is 17.7. The number of hydrogen-bond donors (Lipinski definition) is 1. The molecule has 162 valence electrons. The van der Waals surface area contributed by atoms with E-state index in [0.717, 1.165) is 5.56 Å². The summed E-state index contributed by atoms with van der Waals surface area (Å²) in [4.78, 5) is 27.4. The van der Waals surface area contributed by atoms with Gasteiger partial charge in [0, 0.05) is 16.8 Å². The highest BCUT2D eigenvalue weighted by atomic mass is 19.1. The predicted octanol–water partition coefficient (Wildman–Crippen LogP) is 5.16. The van der Waals surface area contributed by atoms with Crippen LogP contribution in [0.1, 0.15) is 29.7 Å². The molecule has 1 N–H and O–H groups in total. The summed E-state index contributed by atoms with van der Waals surface area (Å²) in [7, 11) is 0. The van der Waals surface area contributed by atoms with Gasteiger partial charge in [0.1, 0.15) is 17.3 Å². The minimum Gasteiger partial charge on any atom is -0.507 e. The average molecular weight is 431 g/mol. The SMILES string of the molecule is CCOc1ccc(/C(O)=C2/C(=O)C(=O)N(c3ccc(C)cc3)C2c2ccccc2F)cc1. The van der Waals surface area contributed by atoms with Gasteiger partial charge < -0.3 is 9.84 Å². The van der Waals surface area contributed by atoms with Gasteiger partial charge in [0.05, 0.1) is 18.2 Å². The predicted molar refractivity (Wildman–Crippen MR) is 120 cm³/mol. The Morgan fingerprint density at radius 1 is 1.00 bits per heavy atom. The first-order chi connectivity index (χ1) is 15.4. The number of aliphatic hydroxyl groups is 1. The molecular formula is C26H22FNO4. The lowest BCUT2D eigenvalue weighted by Gasteiger charge is -2.25. The summed E-state index contributed by atoms with van der Waals surface area (Å²) in [5, 5.41) is 11.1. The number of ether oxygens (including phenoxy) is 1. The van der Waals surface area contributed by atoms with Crippen molar-refractivity contribution in [1.82, 2.24) is 0 Å². The van der Waals surface area contributed by atoms with Crippen LogP contribution in [0.5, 0.6) is 5.75 Å². The van der Waals surface area contributed by atoms with E-state index < -0.39 is 23.5 Å². The number of carbonyl (C=O) groups is 2. The molecule has 32 heavy (non-hydrogen) atoms. The number of amides is 1. The number of benzene rings is 3. The zero-order chi connectivity index (χ0) is 22.8. The van der Waals surface area contributed by atoms with Gasteiger partial charge in [0.15, 0.2) is 0 Å². The van der Waals surface area contributed by atoms with Gasteiger partial charge in [-0.3, -0.25) is 14.5 Å². The molecule has 1 aliphatic heterocycles. The first-order valence-corrected chi connectivity index (χ1v) is 10.3. The standard InChI is InChI=1S/C26H22FNO4/c1-3-32-19-14-10-17(11-15-19)24(29)22-23(20-6-4-5-7-21(20)27)28(26(31)25(22)30)18-12-8-16(2)9-13-18/h4-15,23,29H,3H2,1-2H3/b24-22-. The number of nitrogens with zero attached hydrogens (tertiary/aromatic N) is 1. The first kappa shape index (κ1) is 21.3. The maximum Gasteiger partial charge on any atom is 0.300 e. The molecule has 0 aliphatic carbocycles. The fourth-order valence-electron chi connectivity index (χ4n) is 3.83. The molecule has 0 saturated carbocycles. The molecule has 4 rings (SSSR count). The second-order valence-electron chi connectivity index (χ2n) is 7.48. The molecule has 3 aromatic rings. The van der Waals surface area contributed by atoms with Crippen LogP contribution in [0.4, 0.5) is 10.1 Å². The molecule has 6 heteroatoms. The summed E-state index contributed by atoms with van der Waals surface area (Å²) in [5.74, 6) is -2.03. The van der Waals surface area contributed by atoms with E-state index in [1.165, 1.54) is 23.1 Å². The molecule has 3 aromatic carbocycles. The number of halogens is 1. The second-order valence-corrected chi connectivity index (χ2v) is 7.48. The number of ketones is 1. The number of anilines is 1. The van der Waals surface area contributed by atoms with E-state index >= 15 is 0 Å². The van der Waals surface area contributed by atoms with Crippen molar-refractivity contribution in [1.29, 1.82) is 0 Å². The van der Waals surface area contributed by atoms with Crippen LogP contribution in [-0.4, -0.2) is 23.4 Å². The molecular weight excluding hydrogens is 409 g/mol. The van der Waals surface area contributed by atoms with Crippen molar-refractivity contribution in [2.75, 3.05) is 11.5 Å². The topological polar surface area (TPSA) is 66.8 Å². The molecule has 0 radical (unpaired) electrons. The fraction of sp³-hybridized carbons (Fsp3) is 0.154. The maximum atomic E-state index is 14.9. The van der Waals surface area contributed by atoms with Crippen LogP contribution in [0.15, 0.2) is 78.4 Å². The van der Waals surface area contributed by atoms with E-state index in [0.29, 0.717) is 23.6 Å². The molecule has 5 nitrogen and oxygen atoms in total. The molecule has 0 aromatic heterocycles. The zero-order valence-electron chi connectivity index (χ0n) is 17.7. The van der Waals surface area contributed by atoms with Crippen LogP contribution >= 0.6 is 0 Å². The number of rotatable bonds is 5. The minimum atomic E-state index is -1.11. The number of aryl methyl sites for hydroxylation is 1. The minimum absolute atomic E-state index is 0.125. The van der Waals surface area contributed by atoms with Crippen LogP contribution in [0, 0.1) is 12.7 Å². The lowest BCUT2D eigenvalue weighted by atomic mass is 9.94. The summed E-state index contributed by atoms with van der Waals surface area (Å²) in [6.45, 7) is 4.24. The Kier molecular flexibility index (Phi) is 5.77. The van der Waals surface area contributed by atoms with Crippen molar-refractivity contribution < 1.29 is 23.8 Å². The summed E-state index contributed by atoms with van der Waals surface area (Å²) in [6.07, 6.45) is 0. The Hall–Kier alpha value is -3.93. The van der Waals surface area contributed by atoms with Gasteiger partial charge in [-0.15, -0.1) is 0 Å². The molecule has 1 heterocycles. The van der Waals surface area contributed by atoms with Gasteiger partial charge in [0.25, 0.3) is 11.7 Å². The lowest BCUT2D eigenvalue weighted by Crippen LogP contribution is -2.29. The van der Waals surface area contributed by atoms with Crippen molar-refractivity contribution >= 4 is 23.1 Å². The number of aliphatic hydroxyl groups excluding tert-OH is 1. The van der Waals surface area contributed by atoms with Crippen molar-refractivity contribution in [2.24, 2.45) is 0 Å². The third-order valence-corrected chi connectivity index (χ3v) is 5.40. The van der Waals surface area contributed by atoms with Crippen LogP contribution in [0.3, 0.4) is 0 Å². The summed E-state index contributed by atoms with van der Waals surface area (Å²) in [5.41, 5.74) is 1.71. The summed E-state index contributed by atoms with van der Waals surface area (Å²) in [6, 6.07) is 18.4. The van der Waals surface area contributed by atoms with E-state index in [9.17, 15) is 19.1 Å². The smallest absolute Gasteiger partial charge is 0.300 e. The van der Waals surface area contributed by atoms with Crippen LogP contribution in [0.2, 0.25) is 0 Å². The van der Waals surface area contributed by atoms with Crippen LogP contribution < -0.4 is 9.64 Å². The summed E-state index contributed by atoms with van der Waals surface area (Å²) < 4.78 is 20.3. The van der Waals surface area contributed by atoms with E-state index in [2.05, 4.69) is 0 Å². The number of carbonyl (C=O) groups excluding carboxylic acids is 2. The van der Waals surface area contributed by atoms with E-state index in [1.807, 2.05) is 13.8 Å². The summed E-state index contributed by atoms with van der Waals surface area (Å²) >= 11 is 0. The van der Waals surface area contributed by atoms with E-state index in [-0.39, 0.29) is 16.9 Å². The Morgan fingerprint density at radius 2 is 1.66 bits per heavy atom. The highest BCUT2D eigenvalue weighted by Gasteiger charge is 2.47. The highest BCUT2D eigenvalue weighted by molar-refractivity contribution is 6.51. The van der Waals surface area contributed by atoms with E-state index in [1.54, 1.807) is 54.6 Å². The fourth-order valence-corrected chi connectivity index (χ4v) is 3.83. The monoisotopic (exact) mass is 431 g/mol. The molecule has 1 unspecified atom stereocenters. The molecule has 1 atom stereocenters. The molecule has 1 aliphatic rings. The Morgan fingerprint density at radius 3 is 2.28 bits per heavy atom. The van der Waals surface area contributed by atoms with Crippen LogP contribution in [-0.2, 0) is 9.59 Å². The van der Waals surface area contributed by atoms with Gasteiger partial charge in [-0.05, 0) is 56.3 Å². The molecule has 0 spiro atoms. The lowest BCUT2D eigenvalue weighted by molar-refractivity contribution is -0.132. The van der Waals surface area contributed by atoms with Gasteiger partial charge in [-0.25, -0.2) is 4.39 Å². The third kappa shape index (κ3) is 3.75.